The minimum Gasteiger partial charge on any atom is -0.383 e. The maximum atomic E-state index is 14.8. The molecule has 0 aliphatic carbocycles. The van der Waals surface area contributed by atoms with Gasteiger partial charge in [0.2, 0.25) is 5.95 Å². The fourth-order valence-corrected chi connectivity index (χ4v) is 4.40. The van der Waals surface area contributed by atoms with Crippen molar-refractivity contribution in [1.29, 1.82) is 0 Å². The van der Waals surface area contributed by atoms with Crippen LogP contribution in [0.2, 0.25) is 0 Å². The molecule has 2 aromatic heterocycles. The van der Waals surface area contributed by atoms with Crippen molar-refractivity contribution in [3.05, 3.63) is 65.7 Å². The molecule has 1 aliphatic heterocycles. The molecule has 2 aromatic carbocycles. The van der Waals surface area contributed by atoms with Crippen molar-refractivity contribution in [2.24, 2.45) is 0 Å². The monoisotopic (exact) mass is 463 g/mol. The summed E-state index contributed by atoms with van der Waals surface area (Å²) >= 11 is 0. The average Bonchev–Trinajstić information content (AvgIpc) is 3.15. The summed E-state index contributed by atoms with van der Waals surface area (Å²) in [5.41, 5.74) is 8.27. The number of nitrogens with two attached hydrogens (primary N) is 1. The lowest BCUT2D eigenvalue weighted by atomic mass is 10.1. The first-order valence-corrected chi connectivity index (χ1v) is 11.6. The number of piperidine rings is 1. The summed E-state index contributed by atoms with van der Waals surface area (Å²) in [6.07, 6.45) is 3.71. The number of nitrogen functional groups attached to an aromatic ring is 1. The summed E-state index contributed by atoms with van der Waals surface area (Å²) in [6, 6.07) is 13.2. The number of nitrogens with one attached hydrogen (secondary N) is 1. The number of nitrogens with zero attached hydrogens (tertiary/aromatic N) is 5. The van der Waals surface area contributed by atoms with E-state index in [0.29, 0.717) is 41.6 Å². The van der Waals surface area contributed by atoms with E-state index in [1.807, 2.05) is 30.3 Å². The van der Waals surface area contributed by atoms with Gasteiger partial charge in [0, 0.05) is 24.7 Å². The van der Waals surface area contributed by atoms with Crippen molar-refractivity contribution in [2.45, 2.75) is 25.8 Å². The standard InChI is InChI=1S/C25H27F2N7/c26-18-9-10-19(20(27)15-18)22-21-23(28)34(16-17-7-3-1-4-8-17)32-24(21)31-25(30-22)29-11-14-33-12-5-2-6-13-33/h1,3-4,7-10,15H,2,5-6,11-14,16,28H2,(H,29,31,32). The van der Waals surface area contributed by atoms with Gasteiger partial charge in [-0.05, 0) is 43.6 Å². The molecule has 176 valence electrons. The van der Waals surface area contributed by atoms with E-state index in [-0.39, 0.29) is 5.56 Å². The van der Waals surface area contributed by atoms with Gasteiger partial charge in [-0.25, -0.2) is 18.4 Å². The van der Waals surface area contributed by atoms with Gasteiger partial charge in [0.25, 0.3) is 0 Å². The third-order valence-electron chi connectivity index (χ3n) is 6.16. The highest BCUT2D eigenvalue weighted by molar-refractivity contribution is 5.99. The second-order valence-electron chi connectivity index (χ2n) is 8.58. The Labute approximate surface area is 196 Å². The van der Waals surface area contributed by atoms with Crippen molar-refractivity contribution in [1.82, 2.24) is 24.6 Å². The molecule has 0 amide bonds. The van der Waals surface area contributed by atoms with E-state index in [1.54, 1.807) is 4.68 Å². The molecule has 0 radical (unpaired) electrons. The van der Waals surface area contributed by atoms with E-state index in [1.165, 1.54) is 31.4 Å². The number of anilines is 2. The Morgan fingerprint density at radius 2 is 1.76 bits per heavy atom. The second-order valence-corrected chi connectivity index (χ2v) is 8.58. The predicted octanol–water partition coefficient (Wildman–Crippen LogP) is 4.30. The lowest BCUT2D eigenvalue weighted by Gasteiger charge is -2.26. The molecule has 5 rings (SSSR count). The van der Waals surface area contributed by atoms with Gasteiger partial charge in [-0.15, -0.1) is 5.10 Å². The summed E-state index contributed by atoms with van der Waals surface area (Å²) in [6.45, 7) is 4.14. The molecule has 7 nitrogen and oxygen atoms in total. The molecular weight excluding hydrogens is 436 g/mol. The summed E-state index contributed by atoms with van der Waals surface area (Å²) in [7, 11) is 0. The van der Waals surface area contributed by atoms with Crippen molar-refractivity contribution in [3.8, 4) is 11.3 Å². The van der Waals surface area contributed by atoms with Gasteiger partial charge in [0.15, 0.2) is 5.65 Å². The van der Waals surface area contributed by atoms with E-state index in [4.69, 9.17) is 5.73 Å². The van der Waals surface area contributed by atoms with Crippen molar-refractivity contribution in [3.63, 3.8) is 0 Å². The van der Waals surface area contributed by atoms with Gasteiger partial charge in [-0.2, -0.15) is 4.98 Å². The fraction of sp³-hybridized carbons (Fsp3) is 0.320. The molecule has 0 saturated carbocycles. The van der Waals surface area contributed by atoms with Gasteiger partial charge in [0.1, 0.15) is 17.5 Å². The van der Waals surface area contributed by atoms with Crippen LogP contribution in [0.15, 0.2) is 48.5 Å². The first kappa shape index (κ1) is 22.2. The Morgan fingerprint density at radius 3 is 2.53 bits per heavy atom. The largest absolute Gasteiger partial charge is 0.383 e. The second kappa shape index (κ2) is 9.72. The number of hydrogen-bond acceptors (Lipinski definition) is 6. The van der Waals surface area contributed by atoms with E-state index in [2.05, 4.69) is 25.3 Å². The fourth-order valence-electron chi connectivity index (χ4n) is 4.40. The first-order chi connectivity index (χ1) is 16.6. The van der Waals surface area contributed by atoms with Gasteiger partial charge in [-0.3, -0.25) is 0 Å². The normalized spacial score (nSPS) is 14.5. The molecule has 0 atom stereocenters. The van der Waals surface area contributed by atoms with Gasteiger partial charge >= 0.3 is 0 Å². The molecule has 34 heavy (non-hydrogen) atoms. The van der Waals surface area contributed by atoms with Crippen LogP contribution in [0, 0.1) is 11.6 Å². The van der Waals surface area contributed by atoms with Crippen molar-refractivity contribution in [2.75, 3.05) is 37.2 Å². The molecule has 4 aromatic rings. The predicted molar refractivity (Wildman–Crippen MR) is 129 cm³/mol. The first-order valence-electron chi connectivity index (χ1n) is 11.6. The Morgan fingerprint density at radius 1 is 0.971 bits per heavy atom. The maximum Gasteiger partial charge on any atom is 0.225 e. The van der Waals surface area contributed by atoms with E-state index >= 15 is 0 Å². The number of hydrogen-bond donors (Lipinski definition) is 2. The number of fused-ring (bicyclic) bond motifs is 1. The zero-order valence-corrected chi connectivity index (χ0v) is 18.8. The third-order valence-corrected chi connectivity index (χ3v) is 6.16. The van der Waals surface area contributed by atoms with Crippen molar-refractivity contribution < 1.29 is 8.78 Å². The van der Waals surface area contributed by atoms with E-state index in [0.717, 1.165) is 31.3 Å². The zero-order chi connectivity index (χ0) is 23.5. The number of halogens is 2. The van der Waals surface area contributed by atoms with Crippen LogP contribution in [0.5, 0.6) is 0 Å². The van der Waals surface area contributed by atoms with Crippen LogP contribution in [0.3, 0.4) is 0 Å². The SMILES string of the molecule is Nc1c2c(-c3ccc(F)cc3F)nc(NCCN3CCCCC3)nc2nn1Cc1ccccc1. The van der Waals surface area contributed by atoms with Gasteiger partial charge < -0.3 is 16.0 Å². The highest BCUT2D eigenvalue weighted by Gasteiger charge is 2.21. The minimum absolute atomic E-state index is 0.152. The summed E-state index contributed by atoms with van der Waals surface area (Å²) in [5, 5.41) is 8.29. The van der Waals surface area contributed by atoms with Crippen LogP contribution in [-0.2, 0) is 6.54 Å². The van der Waals surface area contributed by atoms with Crippen LogP contribution < -0.4 is 11.1 Å². The molecule has 0 unspecified atom stereocenters. The molecular formula is C25H27F2N7. The Hall–Kier alpha value is -3.59. The molecule has 9 heteroatoms. The Balaban J connectivity index is 1.51. The molecule has 3 N–H and O–H groups in total. The number of rotatable bonds is 7. The molecule has 3 heterocycles. The van der Waals surface area contributed by atoms with Gasteiger partial charge in [0.05, 0.1) is 17.6 Å². The number of likely N-dealkylation sites (tertiary alicyclic amines) is 1. The van der Waals surface area contributed by atoms with Crippen LogP contribution in [0.1, 0.15) is 24.8 Å². The smallest absolute Gasteiger partial charge is 0.225 e. The van der Waals surface area contributed by atoms with Crippen LogP contribution in [0.25, 0.3) is 22.3 Å². The van der Waals surface area contributed by atoms with E-state index in [9.17, 15) is 8.78 Å². The molecule has 0 spiro atoms. The number of benzene rings is 2. The van der Waals surface area contributed by atoms with Crippen molar-refractivity contribution >= 4 is 22.8 Å². The maximum absolute atomic E-state index is 14.8. The Bertz CT molecular complexity index is 1280. The summed E-state index contributed by atoms with van der Waals surface area (Å²) < 4.78 is 30.0. The zero-order valence-electron chi connectivity index (χ0n) is 18.8. The molecule has 1 saturated heterocycles. The van der Waals surface area contributed by atoms with Crippen LogP contribution >= 0.6 is 0 Å². The lowest BCUT2D eigenvalue weighted by molar-refractivity contribution is 0.237. The highest BCUT2D eigenvalue weighted by atomic mass is 19.1. The molecule has 1 aliphatic rings. The van der Waals surface area contributed by atoms with Crippen LogP contribution in [0.4, 0.5) is 20.5 Å². The minimum atomic E-state index is -0.713. The highest BCUT2D eigenvalue weighted by Crippen LogP contribution is 2.33. The van der Waals surface area contributed by atoms with Gasteiger partial charge in [-0.1, -0.05) is 36.8 Å². The quantitative estimate of drug-likeness (QED) is 0.425. The summed E-state index contributed by atoms with van der Waals surface area (Å²) in [4.78, 5) is 11.6. The number of aromatic nitrogens is 4. The molecule has 1 fully saturated rings. The van der Waals surface area contributed by atoms with Crippen LogP contribution in [-0.4, -0.2) is 50.8 Å². The lowest BCUT2D eigenvalue weighted by Crippen LogP contribution is -2.33. The summed E-state index contributed by atoms with van der Waals surface area (Å²) in [5.74, 6) is -0.696. The Kier molecular flexibility index (Phi) is 6.35. The topological polar surface area (TPSA) is 84.9 Å². The van der Waals surface area contributed by atoms with E-state index < -0.39 is 11.6 Å². The molecule has 0 bridgehead atoms. The third kappa shape index (κ3) is 4.70. The average molecular weight is 464 g/mol.